The molecule has 0 aliphatic carbocycles. The van der Waals surface area contributed by atoms with Gasteiger partial charge in [-0.2, -0.15) is 0 Å². The van der Waals surface area contributed by atoms with Crippen molar-refractivity contribution in [3.8, 4) is 5.06 Å². The van der Waals surface area contributed by atoms with Crippen LogP contribution in [0.2, 0.25) is 14.8 Å². The SMILES string of the molecule is COc1scc[c]1[Sn]([CH3])([CH3])[CH3]. The van der Waals surface area contributed by atoms with Gasteiger partial charge in [-0.05, 0) is 0 Å². The summed E-state index contributed by atoms with van der Waals surface area (Å²) in [5.74, 6) is 0. The molecule has 0 atom stereocenters. The normalized spacial score (nSPS) is 11.6. The summed E-state index contributed by atoms with van der Waals surface area (Å²) in [6, 6.07) is 2.22. The van der Waals surface area contributed by atoms with Gasteiger partial charge in [-0.15, -0.1) is 0 Å². The van der Waals surface area contributed by atoms with Crippen LogP contribution in [0.15, 0.2) is 11.4 Å². The maximum atomic E-state index is 5.28. The standard InChI is InChI=1S/C5H5OS.3CH3.Sn/c1-6-5-3-2-4-7-5;;;;/h2,4H,1H3;3*1H3;. The van der Waals surface area contributed by atoms with Gasteiger partial charge in [0.05, 0.1) is 0 Å². The summed E-state index contributed by atoms with van der Waals surface area (Å²) in [5, 5.41) is 3.25. The Hall–Kier alpha value is 0.299. The van der Waals surface area contributed by atoms with E-state index in [9.17, 15) is 0 Å². The molecule has 0 spiro atoms. The Morgan fingerprint density at radius 3 is 2.36 bits per heavy atom. The van der Waals surface area contributed by atoms with E-state index in [1.807, 2.05) is 0 Å². The molecule has 0 bridgehead atoms. The fourth-order valence-electron chi connectivity index (χ4n) is 1.01. The molecule has 1 aromatic rings. The van der Waals surface area contributed by atoms with Gasteiger partial charge in [-0.25, -0.2) is 0 Å². The Labute approximate surface area is 76.3 Å². The predicted octanol–water partition coefficient (Wildman–Crippen LogP) is 2.30. The van der Waals surface area contributed by atoms with Gasteiger partial charge in [-0.3, -0.25) is 0 Å². The van der Waals surface area contributed by atoms with Crippen LogP contribution in [0.3, 0.4) is 0 Å². The molecule has 0 saturated heterocycles. The van der Waals surface area contributed by atoms with Crippen LogP contribution in [-0.2, 0) is 0 Å². The third-order valence-electron chi connectivity index (χ3n) is 1.62. The van der Waals surface area contributed by atoms with E-state index in [4.69, 9.17) is 4.74 Å². The third-order valence-corrected chi connectivity index (χ3v) is 8.75. The van der Waals surface area contributed by atoms with Crippen LogP contribution in [0.5, 0.6) is 5.06 Å². The fraction of sp³-hybridized carbons (Fsp3) is 0.500. The van der Waals surface area contributed by atoms with Crippen LogP contribution < -0.4 is 8.32 Å². The molecule has 1 rings (SSSR count). The summed E-state index contributed by atoms with van der Waals surface area (Å²) < 4.78 is 6.79. The quantitative estimate of drug-likeness (QED) is 0.754. The molecule has 0 aliphatic heterocycles. The average molecular weight is 277 g/mol. The van der Waals surface area contributed by atoms with Gasteiger partial charge in [0.2, 0.25) is 0 Å². The number of thiophene rings is 1. The molecule has 0 aromatic carbocycles. The molecular formula is C8H14OSSn. The van der Waals surface area contributed by atoms with Crippen molar-refractivity contribution in [2.75, 3.05) is 7.11 Å². The average Bonchev–Trinajstić information content (AvgIpc) is 2.31. The Balaban J connectivity index is 3.02. The predicted molar refractivity (Wildman–Crippen MR) is 53.9 cm³/mol. The molecule has 1 nitrogen and oxygen atoms in total. The van der Waals surface area contributed by atoms with E-state index in [-0.39, 0.29) is 0 Å². The van der Waals surface area contributed by atoms with Crippen LogP contribution in [0.4, 0.5) is 0 Å². The second-order valence-corrected chi connectivity index (χ2v) is 18.8. The second-order valence-electron chi connectivity index (χ2n) is 3.58. The van der Waals surface area contributed by atoms with Crippen LogP contribution in [0.25, 0.3) is 0 Å². The summed E-state index contributed by atoms with van der Waals surface area (Å²) in [7, 11) is 1.76. The van der Waals surface area contributed by atoms with Gasteiger partial charge in [0.15, 0.2) is 0 Å². The van der Waals surface area contributed by atoms with Crippen LogP contribution in [0.1, 0.15) is 0 Å². The molecule has 0 radical (unpaired) electrons. The first-order valence-corrected chi connectivity index (χ1v) is 14.5. The zero-order valence-electron chi connectivity index (χ0n) is 7.47. The number of methoxy groups -OCH3 is 1. The molecule has 62 valence electrons. The van der Waals surface area contributed by atoms with E-state index in [0.29, 0.717) is 0 Å². The zero-order chi connectivity index (χ0) is 8.48. The molecular weight excluding hydrogens is 263 g/mol. The summed E-state index contributed by atoms with van der Waals surface area (Å²) in [4.78, 5) is 7.21. The maximum absolute atomic E-state index is 5.28. The van der Waals surface area contributed by atoms with Crippen LogP contribution in [0, 0.1) is 0 Å². The molecule has 0 amide bonds. The van der Waals surface area contributed by atoms with Crippen molar-refractivity contribution in [2.24, 2.45) is 0 Å². The number of rotatable bonds is 2. The van der Waals surface area contributed by atoms with Crippen molar-refractivity contribution in [3.05, 3.63) is 11.4 Å². The number of hydrogen-bond acceptors (Lipinski definition) is 2. The summed E-state index contributed by atoms with van der Waals surface area (Å²) >= 11 is -0.151. The summed E-state index contributed by atoms with van der Waals surface area (Å²) in [6.45, 7) is 0. The number of hydrogen-bond donors (Lipinski definition) is 0. The van der Waals surface area contributed by atoms with Crippen molar-refractivity contribution in [1.82, 2.24) is 0 Å². The Bertz CT molecular complexity index is 236. The molecule has 1 aromatic heterocycles. The Morgan fingerprint density at radius 2 is 2.00 bits per heavy atom. The van der Waals surface area contributed by atoms with Gasteiger partial charge in [0, 0.05) is 0 Å². The molecule has 0 N–H and O–H groups in total. The summed E-state index contributed by atoms with van der Waals surface area (Å²) in [5.41, 5.74) is 0. The van der Waals surface area contributed by atoms with Crippen LogP contribution >= 0.6 is 11.3 Å². The first kappa shape index (κ1) is 9.39. The van der Waals surface area contributed by atoms with Gasteiger partial charge >= 0.3 is 76.5 Å². The van der Waals surface area contributed by atoms with Gasteiger partial charge in [0.25, 0.3) is 0 Å². The number of ether oxygens (including phenoxy) is 1. The van der Waals surface area contributed by atoms with E-state index < -0.39 is 18.4 Å². The Morgan fingerprint density at radius 1 is 1.36 bits per heavy atom. The van der Waals surface area contributed by atoms with Gasteiger partial charge in [0.1, 0.15) is 0 Å². The fourth-order valence-corrected chi connectivity index (χ4v) is 8.24. The first-order valence-electron chi connectivity index (χ1n) is 3.67. The van der Waals surface area contributed by atoms with E-state index in [0.717, 1.165) is 5.06 Å². The minimum atomic E-state index is -1.86. The first-order chi connectivity index (χ1) is 5.05. The van der Waals surface area contributed by atoms with E-state index in [1.54, 1.807) is 18.4 Å². The van der Waals surface area contributed by atoms with E-state index in [1.165, 1.54) is 3.58 Å². The second kappa shape index (κ2) is 3.35. The zero-order valence-corrected chi connectivity index (χ0v) is 11.1. The Kier molecular flexibility index (Phi) is 2.86. The monoisotopic (exact) mass is 278 g/mol. The molecule has 3 heteroatoms. The van der Waals surface area contributed by atoms with Crippen molar-refractivity contribution in [2.45, 2.75) is 14.8 Å². The van der Waals surface area contributed by atoms with Crippen molar-refractivity contribution in [1.29, 1.82) is 0 Å². The van der Waals surface area contributed by atoms with Gasteiger partial charge < -0.3 is 0 Å². The van der Waals surface area contributed by atoms with E-state index >= 15 is 0 Å². The molecule has 0 saturated carbocycles. The molecule has 0 fully saturated rings. The third kappa shape index (κ3) is 2.12. The molecule has 11 heavy (non-hydrogen) atoms. The minimum absolute atomic E-state index is 1.13. The molecule has 1 heterocycles. The van der Waals surface area contributed by atoms with E-state index in [2.05, 4.69) is 26.3 Å². The topological polar surface area (TPSA) is 9.23 Å². The van der Waals surface area contributed by atoms with Crippen molar-refractivity contribution < 1.29 is 4.74 Å². The van der Waals surface area contributed by atoms with Crippen LogP contribution in [-0.4, -0.2) is 25.5 Å². The molecule has 0 aliphatic rings. The van der Waals surface area contributed by atoms with Crippen molar-refractivity contribution >= 4 is 33.3 Å². The van der Waals surface area contributed by atoms with Crippen molar-refractivity contribution in [3.63, 3.8) is 0 Å². The van der Waals surface area contributed by atoms with Gasteiger partial charge in [-0.1, -0.05) is 0 Å². The summed E-state index contributed by atoms with van der Waals surface area (Å²) in [6.07, 6.45) is 0. The molecule has 0 unspecified atom stereocenters.